The monoisotopic (exact) mass is 314 g/mol. The van der Waals surface area contributed by atoms with Gasteiger partial charge in [-0.25, -0.2) is 0 Å². The van der Waals surface area contributed by atoms with Crippen molar-refractivity contribution in [2.45, 2.75) is 50.8 Å². The van der Waals surface area contributed by atoms with Crippen LogP contribution in [0.15, 0.2) is 23.1 Å². The van der Waals surface area contributed by atoms with E-state index < -0.39 is 0 Å². The van der Waals surface area contributed by atoms with Gasteiger partial charge in [-0.05, 0) is 55.2 Å². The average molecular weight is 315 g/mol. The van der Waals surface area contributed by atoms with Crippen molar-refractivity contribution in [3.05, 3.63) is 29.3 Å². The van der Waals surface area contributed by atoms with Gasteiger partial charge in [-0.3, -0.25) is 0 Å². The Morgan fingerprint density at radius 2 is 2.00 bits per heavy atom. The maximum Gasteiger partial charge on any atom is 0.00748 e. The number of hydrogen-bond donors (Lipinski definition) is 0. The molecule has 0 heterocycles. The van der Waals surface area contributed by atoms with Crippen LogP contribution in [-0.2, 0) is 6.42 Å². The van der Waals surface area contributed by atoms with Gasteiger partial charge in [-0.1, -0.05) is 41.8 Å². The molecule has 0 atom stereocenters. The van der Waals surface area contributed by atoms with E-state index >= 15 is 0 Å². The molecule has 17 heavy (non-hydrogen) atoms. The molecule has 0 amide bonds. The molecule has 2 heteroatoms. The van der Waals surface area contributed by atoms with Gasteiger partial charge in [0.2, 0.25) is 0 Å². The van der Waals surface area contributed by atoms with Crippen LogP contribution in [-0.4, -0.2) is 11.1 Å². The van der Waals surface area contributed by atoms with Crippen molar-refractivity contribution < 1.29 is 0 Å². The Bertz CT molecular complexity index is 323. The zero-order valence-corrected chi connectivity index (χ0v) is 13.4. The molecule has 0 nitrogen and oxygen atoms in total. The summed E-state index contributed by atoms with van der Waals surface area (Å²) in [5.74, 6) is 1.25. The van der Waals surface area contributed by atoms with Crippen molar-refractivity contribution in [3.63, 3.8) is 0 Å². The molecular weight excluding hydrogens is 292 g/mol. The summed E-state index contributed by atoms with van der Waals surface area (Å²) in [6.45, 7) is 4.47. The highest BCUT2D eigenvalue weighted by Gasteiger charge is 2.00. The standard InChI is InChI=1S/C15H23BrS/c1-3-7-14-12-15(9-8-13(14)2)17-11-6-4-5-10-16/h8-9,12H,3-7,10-11H2,1-2H3. The van der Waals surface area contributed by atoms with Crippen LogP contribution >= 0.6 is 27.7 Å². The average Bonchev–Trinajstić information content (AvgIpc) is 2.33. The lowest BCUT2D eigenvalue weighted by Gasteiger charge is -2.07. The predicted molar refractivity (Wildman–Crippen MR) is 83.5 cm³/mol. The number of thioether (sulfide) groups is 1. The lowest BCUT2D eigenvalue weighted by atomic mass is 10.0. The van der Waals surface area contributed by atoms with E-state index in [-0.39, 0.29) is 0 Å². The van der Waals surface area contributed by atoms with Crippen LogP contribution in [0.25, 0.3) is 0 Å². The highest BCUT2D eigenvalue weighted by Crippen LogP contribution is 2.23. The Balaban J connectivity index is 2.40. The van der Waals surface area contributed by atoms with E-state index in [1.165, 1.54) is 53.9 Å². The first-order valence-corrected chi connectivity index (χ1v) is 8.67. The third-order valence-corrected chi connectivity index (χ3v) is 4.53. The van der Waals surface area contributed by atoms with Gasteiger partial charge in [0, 0.05) is 10.2 Å². The van der Waals surface area contributed by atoms with Gasteiger partial charge < -0.3 is 0 Å². The van der Waals surface area contributed by atoms with E-state index in [1.54, 1.807) is 0 Å². The zero-order valence-electron chi connectivity index (χ0n) is 11.0. The molecule has 0 aliphatic carbocycles. The second kappa shape index (κ2) is 9.04. The second-order valence-electron chi connectivity index (χ2n) is 4.44. The molecule has 0 N–H and O–H groups in total. The van der Waals surface area contributed by atoms with Crippen molar-refractivity contribution in [2.75, 3.05) is 11.1 Å². The van der Waals surface area contributed by atoms with Gasteiger partial charge in [-0.2, -0.15) is 0 Å². The quantitative estimate of drug-likeness (QED) is 0.341. The van der Waals surface area contributed by atoms with Crippen LogP contribution in [0.5, 0.6) is 0 Å². The fourth-order valence-corrected chi connectivity index (χ4v) is 3.21. The third kappa shape index (κ3) is 5.96. The first-order chi connectivity index (χ1) is 8.27. The van der Waals surface area contributed by atoms with Gasteiger partial charge in [0.25, 0.3) is 0 Å². The predicted octanol–water partition coefficient (Wildman–Crippen LogP) is 5.60. The first kappa shape index (κ1) is 15.1. The fourth-order valence-electron chi connectivity index (χ4n) is 1.84. The fraction of sp³-hybridized carbons (Fsp3) is 0.600. The molecule has 0 aliphatic rings. The van der Waals surface area contributed by atoms with Crippen molar-refractivity contribution >= 4 is 27.7 Å². The summed E-state index contributed by atoms with van der Waals surface area (Å²) in [7, 11) is 0. The molecule has 0 saturated carbocycles. The van der Waals surface area contributed by atoms with Crippen molar-refractivity contribution in [3.8, 4) is 0 Å². The Morgan fingerprint density at radius 3 is 2.71 bits per heavy atom. The lowest BCUT2D eigenvalue weighted by molar-refractivity contribution is 0.788. The number of hydrogen-bond acceptors (Lipinski definition) is 1. The van der Waals surface area contributed by atoms with Crippen LogP contribution in [0.3, 0.4) is 0 Å². The van der Waals surface area contributed by atoms with Gasteiger partial charge in [-0.15, -0.1) is 11.8 Å². The molecule has 0 fully saturated rings. The van der Waals surface area contributed by atoms with Crippen molar-refractivity contribution in [1.29, 1.82) is 0 Å². The molecule has 0 saturated heterocycles. The smallest absolute Gasteiger partial charge is 0.00748 e. The van der Waals surface area contributed by atoms with Crippen molar-refractivity contribution in [1.82, 2.24) is 0 Å². The first-order valence-electron chi connectivity index (χ1n) is 6.56. The summed E-state index contributed by atoms with van der Waals surface area (Å²) >= 11 is 5.48. The Hall–Kier alpha value is 0.0500. The number of halogens is 1. The highest BCUT2D eigenvalue weighted by molar-refractivity contribution is 9.09. The minimum absolute atomic E-state index is 1.14. The van der Waals surface area contributed by atoms with E-state index in [4.69, 9.17) is 0 Å². The summed E-state index contributed by atoms with van der Waals surface area (Å²) < 4.78 is 0. The van der Waals surface area contributed by atoms with Crippen LogP contribution in [0.2, 0.25) is 0 Å². The van der Waals surface area contributed by atoms with E-state index in [9.17, 15) is 0 Å². The Kier molecular flexibility index (Phi) is 8.04. The minimum atomic E-state index is 1.14. The van der Waals surface area contributed by atoms with E-state index in [2.05, 4.69) is 48.0 Å². The van der Waals surface area contributed by atoms with Gasteiger partial charge in [0.1, 0.15) is 0 Å². The Morgan fingerprint density at radius 1 is 1.18 bits per heavy atom. The molecule has 0 aliphatic heterocycles. The number of rotatable bonds is 8. The number of benzene rings is 1. The molecule has 0 bridgehead atoms. The van der Waals surface area contributed by atoms with E-state index in [1.807, 2.05) is 11.8 Å². The number of alkyl halides is 1. The lowest BCUT2D eigenvalue weighted by Crippen LogP contribution is -1.89. The van der Waals surface area contributed by atoms with E-state index in [0.29, 0.717) is 0 Å². The topological polar surface area (TPSA) is 0 Å². The number of aryl methyl sites for hydroxylation is 2. The zero-order chi connectivity index (χ0) is 12.5. The normalized spacial score (nSPS) is 10.8. The van der Waals surface area contributed by atoms with Crippen molar-refractivity contribution in [2.24, 2.45) is 0 Å². The molecular formula is C15H23BrS. The summed E-state index contributed by atoms with van der Waals surface area (Å²) in [6.07, 6.45) is 6.42. The molecule has 1 rings (SSSR count). The summed E-state index contributed by atoms with van der Waals surface area (Å²) in [5, 5.41) is 1.14. The van der Waals surface area contributed by atoms with Crippen LogP contribution < -0.4 is 0 Å². The van der Waals surface area contributed by atoms with Gasteiger partial charge in [0.15, 0.2) is 0 Å². The minimum Gasteiger partial charge on any atom is -0.126 e. The largest absolute Gasteiger partial charge is 0.126 e. The SMILES string of the molecule is CCCc1cc(SCCCCCBr)ccc1C. The highest BCUT2D eigenvalue weighted by atomic mass is 79.9. The maximum absolute atomic E-state index is 3.47. The number of unbranched alkanes of at least 4 members (excludes halogenated alkanes) is 2. The summed E-state index contributed by atoms with van der Waals surface area (Å²) in [6, 6.07) is 6.92. The molecule has 0 spiro atoms. The van der Waals surface area contributed by atoms with Gasteiger partial charge >= 0.3 is 0 Å². The molecule has 1 aromatic carbocycles. The third-order valence-electron chi connectivity index (χ3n) is 2.89. The maximum atomic E-state index is 3.47. The van der Waals surface area contributed by atoms with Gasteiger partial charge in [0.05, 0.1) is 0 Å². The second-order valence-corrected chi connectivity index (χ2v) is 6.40. The van der Waals surface area contributed by atoms with E-state index in [0.717, 1.165) is 5.33 Å². The summed E-state index contributed by atoms with van der Waals surface area (Å²) in [5.41, 5.74) is 2.97. The Labute approximate surface area is 119 Å². The molecule has 96 valence electrons. The molecule has 0 unspecified atom stereocenters. The molecule has 0 aromatic heterocycles. The van der Waals surface area contributed by atoms with Crippen LogP contribution in [0, 0.1) is 6.92 Å². The van der Waals surface area contributed by atoms with Crippen LogP contribution in [0.1, 0.15) is 43.7 Å². The molecule has 0 radical (unpaired) electrons. The summed E-state index contributed by atoms with van der Waals surface area (Å²) in [4.78, 5) is 1.44. The molecule has 1 aromatic rings. The van der Waals surface area contributed by atoms with Crippen LogP contribution in [0.4, 0.5) is 0 Å².